The first-order chi connectivity index (χ1) is 57.8. The molecule has 5 unspecified atom stereocenters. The highest BCUT2D eigenvalue weighted by atomic mass is 19.2. The van der Waals surface area contributed by atoms with Crippen molar-refractivity contribution in [3.05, 3.63) is 315 Å². The van der Waals surface area contributed by atoms with Crippen molar-refractivity contribution in [2.75, 3.05) is 91.1 Å². The second-order valence-corrected chi connectivity index (χ2v) is 30.6. The Kier molecular flexibility index (Phi) is 27.2. The Balaban J connectivity index is 0.000000122. The van der Waals surface area contributed by atoms with Crippen LogP contribution in [-0.4, -0.2) is 146 Å². The third-order valence-corrected chi connectivity index (χ3v) is 22.9. The molecule has 10 aromatic carbocycles. The fraction of sp³-hybridized carbons (Fsp3) is 0.305. The molecule has 616 valence electrons. The summed E-state index contributed by atoms with van der Waals surface area (Å²) < 4.78 is 114. The van der Waals surface area contributed by atoms with Crippen molar-refractivity contribution in [3.8, 4) is 34.5 Å². The Morgan fingerprint density at radius 2 is 0.588 bits per heavy atom. The van der Waals surface area contributed by atoms with Crippen LogP contribution in [0.5, 0.6) is 34.5 Å². The van der Waals surface area contributed by atoms with Crippen LogP contribution in [0.3, 0.4) is 0 Å². The highest BCUT2D eigenvalue weighted by Crippen LogP contribution is 2.41. The van der Waals surface area contributed by atoms with Crippen LogP contribution in [0.15, 0.2) is 224 Å². The second kappa shape index (κ2) is 39.1. The zero-order chi connectivity index (χ0) is 82.9. The molecule has 0 aliphatic carbocycles. The summed E-state index contributed by atoms with van der Waals surface area (Å²) in [7, 11) is 0. The fourth-order valence-corrected chi connectivity index (χ4v) is 16.2. The largest absolute Gasteiger partial charge is 0.454 e. The second-order valence-electron chi connectivity index (χ2n) is 30.6. The van der Waals surface area contributed by atoms with Gasteiger partial charge in [-0.05, 0) is 162 Å². The van der Waals surface area contributed by atoms with E-state index in [1.54, 1.807) is 46.2 Å². The van der Waals surface area contributed by atoms with E-state index in [1.807, 2.05) is 124 Å². The predicted molar refractivity (Wildman–Crippen MR) is 435 cm³/mol. The number of ether oxygens (including phenoxy) is 6. The molecule has 0 saturated carbocycles. The van der Waals surface area contributed by atoms with Crippen LogP contribution in [0, 0.1) is 34.9 Å². The standard InChI is InChI=1S/C21H22N2O4.C19H17F2NO3.C19H18FNO3.C18H17F2NO.C18H18FNO/c1-14(24)22-18-5-2-15(3-6-18)10-21(25)23-9-8-17(12-23)16-4-7-19-20(11-16)27-13-26-19;20-15-2-1-3-16(21)14(15)9-19(23)22-7-6-13(10-22)12-4-5-17-18(8-12)25-11-24-17;20-16-4-2-1-3-14(16)10-19(22)21-8-7-15(11-21)13-5-6-17-18(9-13)24-12-23-17;19-16-7-4-8-17(20)15(16)11-18(22)21-10-9-14(12-21)13-5-2-1-3-6-13;19-17-9-5-4-8-15(17)12-18(21)20-11-10-16(13-20)14-6-2-1-3-7-14/h2-7,11,17H,8-10,12-13H2,1H3,(H,22,24);1-5,8,13H,6-7,9-11H2;1-6,9,15H,7-8,10-12H2;1-8,14H,9-12H2;1-9,16H,10-13H2. The average molecular weight is 1620 g/mol. The summed E-state index contributed by atoms with van der Waals surface area (Å²) in [5, 5.41) is 2.73. The number of likely N-dealkylation sites (tertiary alicyclic amines) is 5. The van der Waals surface area contributed by atoms with Crippen molar-refractivity contribution < 1.29 is 83.5 Å². The molecule has 24 heteroatoms. The van der Waals surface area contributed by atoms with E-state index in [4.69, 9.17) is 28.4 Å². The number of benzene rings is 10. The molecule has 0 radical (unpaired) electrons. The normalized spacial score (nSPS) is 18.2. The molecular formula is C95H92F6N6O12. The monoisotopic (exact) mass is 1620 g/mol. The lowest BCUT2D eigenvalue weighted by Crippen LogP contribution is -2.30. The number of amides is 6. The Morgan fingerprint density at radius 1 is 0.303 bits per heavy atom. The van der Waals surface area contributed by atoms with Crippen molar-refractivity contribution in [2.45, 2.75) is 101 Å². The smallest absolute Gasteiger partial charge is 0.231 e. The molecule has 0 bridgehead atoms. The molecule has 18 rings (SSSR count). The molecule has 10 aromatic rings. The Bertz CT molecular complexity index is 5220. The third-order valence-electron chi connectivity index (χ3n) is 22.9. The van der Waals surface area contributed by atoms with Gasteiger partial charge in [0.05, 0.1) is 32.1 Å². The zero-order valence-electron chi connectivity index (χ0n) is 65.9. The van der Waals surface area contributed by atoms with E-state index >= 15 is 0 Å². The highest BCUT2D eigenvalue weighted by molar-refractivity contribution is 5.89. The van der Waals surface area contributed by atoms with E-state index in [-0.39, 0.29) is 116 Å². The number of nitrogens with one attached hydrogen (secondary N) is 1. The van der Waals surface area contributed by atoms with E-state index in [0.717, 1.165) is 115 Å². The van der Waals surface area contributed by atoms with Gasteiger partial charge in [-0.15, -0.1) is 0 Å². The molecule has 8 aliphatic rings. The number of hydrogen-bond acceptors (Lipinski definition) is 12. The van der Waals surface area contributed by atoms with E-state index in [2.05, 4.69) is 35.6 Å². The Hall–Kier alpha value is -12.6. The van der Waals surface area contributed by atoms with Gasteiger partial charge in [0.25, 0.3) is 0 Å². The van der Waals surface area contributed by atoms with Crippen LogP contribution in [0.25, 0.3) is 0 Å². The quantitative estimate of drug-likeness (QED) is 0.0904. The summed E-state index contributed by atoms with van der Waals surface area (Å²) in [5.41, 5.74) is 8.21. The number of hydrogen-bond donors (Lipinski definition) is 1. The fourth-order valence-electron chi connectivity index (χ4n) is 16.2. The molecule has 18 nitrogen and oxygen atoms in total. The van der Waals surface area contributed by atoms with E-state index in [0.29, 0.717) is 74.6 Å². The number of rotatable bonds is 16. The van der Waals surface area contributed by atoms with E-state index in [1.165, 1.54) is 72.1 Å². The van der Waals surface area contributed by atoms with Crippen molar-refractivity contribution in [1.29, 1.82) is 0 Å². The first-order valence-corrected chi connectivity index (χ1v) is 40.2. The minimum atomic E-state index is -0.681. The maximum Gasteiger partial charge on any atom is 0.231 e. The van der Waals surface area contributed by atoms with Crippen molar-refractivity contribution in [3.63, 3.8) is 0 Å². The van der Waals surface area contributed by atoms with Crippen molar-refractivity contribution in [2.24, 2.45) is 0 Å². The summed E-state index contributed by atoms with van der Waals surface area (Å²) in [6.45, 7) is 8.93. The van der Waals surface area contributed by atoms with Gasteiger partial charge in [-0.3, -0.25) is 28.8 Å². The molecule has 5 saturated heterocycles. The summed E-state index contributed by atoms with van der Waals surface area (Å²) in [5.74, 6) is 2.27. The van der Waals surface area contributed by atoms with Gasteiger partial charge in [-0.2, -0.15) is 0 Å². The molecule has 8 aliphatic heterocycles. The molecule has 5 fully saturated rings. The van der Waals surface area contributed by atoms with Crippen LogP contribution in [0.2, 0.25) is 0 Å². The molecule has 1 N–H and O–H groups in total. The number of fused-ring (bicyclic) bond motifs is 3. The van der Waals surface area contributed by atoms with Gasteiger partial charge < -0.3 is 58.2 Å². The van der Waals surface area contributed by atoms with Crippen LogP contribution in [0.1, 0.15) is 124 Å². The van der Waals surface area contributed by atoms with E-state index in [9.17, 15) is 55.1 Å². The first-order valence-electron chi connectivity index (χ1n) is 40.2. The minimum Gasteiger partial charge on any atom is -0.454 e. The lowest BCUT2D eigenvalue weighted by atomic mass is 9.98. The molecular weight excluding hydrogens is 1530 g/mol. The Morgan fingerprint density at radius 3 is 0.916 bits per heavy atom. The molecule has 119 heavy (non-hydrogen) atoms. The summed E-state index contributed by atoms with van der Waals surface area (Å²) in [6, 6.07) is 65.7. The van der Waals surface area contributed by atoms with Gasteiger partial charge >= 0.3 is 0 Å². The van der Waals surface area contributed by atoms with Gasteiger partial charge in [0.1, 0.15) is 34.9 Å². The highest BCUT2D eigenvalue weighted by Gasteiger charge is 2.35. The first kappa shape index (κ1) is 82.9. The van der Waals surface area contributed by atoms with Crippen LogP contribution >= 0.6 is 0 Å². The lowest BCUT2D eigenvalue weighted by molar-refractivity contribution is -0.130. The Labute approximate surface area is 687 Å². The predicted octanol–water partition coefficient (Wildman–Crippen LogP) is 16.2. The van der Waals surface area contributed by atoms with E-state index < -0.39 is 23.3 Å². The number of anilines is 1. The lowest BCUT2D eigenvalue weighted by Gasteiger charge is -2.17. The third kappa shape index (κ3) is 21.4. The summed E-state index contributed by atoms with van der Waals surface area (Å²) >= 11 is 0. The van der Waals surface area contributed by atoms with Crippen molar-refractivity contribution in [1.82, 2.24) is 24.5 Å². The average Bonchev–Trinajstić information content (AvgIpc) is 1.71. The number of halogens is 6. The number of carbonyl (C=O) groups is 6. The minimum absolute atomic E-state index is 0.0125. The van der Waals surface area contributed by atoms with Crippen LogP contribution in [0.4, 0.5) is 32.0 Å². The van der Waals surface area contributed by atoms with Gasteiger partial charge in [-0.1, -0.05) is 140 Å². The van der Waals surface area contributed by atoms with Crippen LogP contribution in [-0.2, 0) is 60.9 Å². The molecule has 0 aromatic heterocycles. The van der Waals surface area contributed by atoms with Gasteiger partial charge in [0.2, 0.25) is 55.8 Å². The molecule has 0 spiro atoms. The SMILES string of the molecule is CC(=O)Nc1ccc(CC(=O)N2CCC(c3ccc4c(c3)OCO4)C2)cc1.O=C(Cc1c(F)cccc1F)N1CCC(c2ccc3c(c2)OCO3)C1.O=C(Cc1c(F)cccc1F)N1CCC(c2ccccc2)C1.O=C(Cc1ccccc1F)N1CCC(c2ccc3c(c2)OCO3)C1.O=C(Cc1ccccc1F)N1CCC(c2ccccc2)C1. The van der Waals surface area contributed by atoms with Gasteiger partial charge in [-0.25, -0.2) is 26.3 Å². The maximum atomic E-state index is 13.7. The summed E-state index contributed by atoms with van der Waals surface area (Å²) in [6.07, 6.45) is 4.68. The molecule has 6 amide bonds. The molecule has 5 atom stereocenters. The molecule has 8 heterocycles. The van der Waals surface area contributed by atoms with Gasteiger partial charge in [0.15, 0.2) is 34.5 Å². The van der Waals surface area contributed by atoms with Crippen LogP contribution < -0.4 is 33.7 Å². The van der Waals surface area contributed by atoms with Gasteiger partial charge in [0, 0.05) is 119 Å². The van der Waals surface area contributed by atoms with Crippen molar-refractivity contribution >= 4 is 41.1 Å². The zero-order valence-corrected chi connectivity index (χ0v) is 65.9. The number of carbonyl (C=O) groups excluding carboxylic acids is 6. The summed E-state index contributed by atoms with van der Waals surface area (Å²) in [4.78, 5) is 82.2. The topological polar surface area (TPSA) is 186 Å². The maximum absolute atomic E-state index is 13.7. The number of nitrogens with zero attached hydrogens (tertiary/aromatic N) is 5.